The van der Waals surface area contributed by atoms with Gasteiger partial charge in [-0.2, -0.15) is 0 Å². The van der Waals surface area contributed by atoms with Crippen molar-refractivity contribution >= 4 is 27.5 Å². The summed E-state index contributed by atoms with van der Waals surface area (Å²) in [7, 11) is 1.54. The summed E-state index contributed by atoms with van der Waals surface area (Å²) >= 11 is 9.11. The molecule has 5 heteroatoms. The molecule has 0 radical (unpaired) electrons. The summed E-state index contributed by atoms with van der Waals surface area (Å²) in [5, 5.41) is 0.529. The van der Waals surface area contributed by atoms with E-state index in [4.69, 9.17) is 22.1 Å². The van der Waals surface area contributed by atoms with E-state index in [9.17, 15) is 4.39 Å². The Morgan fingerprint density at radius 3 is 2.68 bits per heavy atom. The van der Waals surface area contributed by atoms with Crippen LogP contribution in [0.2, 0.25) is 5.02 Å². The summed E-state index contributed by atoms with van der Waals surface area (Å²) in [6, 6.07) is 9.46. The lowest BCUT2D eigenvalue weighted by atomic mass is 9.98. The lowest BCUT2D eigenvalue weighted by molar-refractivity contribution is 0.407. The van der Waals surface area contributed by atoms with Crippen molar-refractivity contribution in [2.75, 3.05) is 7.11 Å². The fourth-order valence-electron chi connectivity index (χ4n) is 1.88. The molecule has 2 aromatic carbocycles. The molecule has 2 nitrogen and oxygen atoms in total. The van der Waals surface area contributed by atoms with Gasteiger partial charge >= 0.3 is 0 Å². The third-order valence-electron chi connectivity index (χ3n) is 2.84. The van der Waals surface area contributed by atoms with Crippen molar-refractivity contribution in [1.82, 2.24) is 0 Å². The second-order valence-corrected chi connectivity index (χ2v) is 5.30. The second kappa shape index (κ2) is 5.90. The standard InChI is InChI=1S/C14H12BrClFNO/c1-19-12-6-5-8(16)7-10(12)14(18)9-3-2-4-11(15)13(9)17/h2-7,14H,18H2,1H3. The van der Waals surface area contributed by atoms with Crippen molar-refractivity contribution in [3.8, 4) is 5.75 Å². The molecule has 2 rings (SSSR count). The Hall–Kier alpha value is -1.10. The fourth-order valence-corrected chi connectivity index (χ4v) is 2.44. The van der Waals surface area contributed by atoms with Gasteiger partial charge in [0.2, 0.25) is 0 Å². The smallest absolute Gasteiger partial charge is 0.142 e. The highest BCUT2D eigenvalue weighted by Crippen LogP contribution is 2.33. The number of ether oxygens (including phenoxy) is 1. The lowest BCUT2D eigenvalue weighted by Gasteiger charge is -2.17. The van der Waals surface area contributed by atoms with Crippen LogP contribution in [0.25, 0.3) is 0 Å². The van der Waals surface area contributed by atoms with Gasteiger partial charge in [0.25, 0.3) is 0 Å². The molecule has 0 fully saturated rings. The maximum absolute atomic E-state index is 14.1. The van der Waals surface area contributed by atoms with E-state index >= 15 is 0 Å². The number of rotatable bonds is 3. The first-order valence-electron chi connectivity index (χ1n) is 5.57. The average molecular weight is 345 g/mol. The van der Waals surface area contributed by atoms with Gasteiger partial charge in [0.1, 0.15) is 11.6 Å². The van der Waals surface area contributed by atoms with Crippen molar-refractivity contribution in [3.63, 3.8) is 0 Å². The summed E-state index contributed by atoms with van der Waals surface area (Å²) < 4.78 is 19.7. The average Bonchev–Trinajstić information content (AvgIpc) is 2.41. The van der Waals surface area contributed by atoms with Crippen molar-refractivity contribution < 1.29 is 9.13 Å². The van der Waals surface area contributed by atoms with Gasteiger partial charge in [0.15, 0.2) is 0 Å². The van der Waals surface area contributed by atoms with Gasteiger partial charge in [-0.3, -0.25) is 0 Å². The third-order valence-corrected chi connectivity index (χ3v) is 3.69. The minimum Gasteiger partial charge on any atom is -0.496 e. The predicted molar refractivity (Wildman–Crippen MR) is 78.1 cm³/mol. The summed E-state index contributed by atoms with van der Waals surface area (Å²) in [6.07, 6.45) is 0. The molecule has 0 aliphatic heterocycles. The Labute approximate surface area is 124 Å². The molecule has 0 aliphatic carbocycles. The SMILES string of the molecule is COc1ccc(Cl)cc1C(N)c1cccc(Br)c1F. The Morgan fingerprint density at radius 2 is 2.00 bits per heavy atom. The number of benzene rings is 2. The first kappa shape index (κ1) is 14.3. The van der Waals surface area contributed by atoms with Crippen molar-refractivity contribution in [1.29, 1.82) is 0 Å². The lowest BCUT2D eigenvalue weighted by Crippen LogP contribution is -2.15. The van der Waals surface area contributed by atoms with Crippen LogP contribution in [-0.2, 0) is 0 Å². The minimum atomic E-state index is -0.647. The molecule has 19 heavy (non-hydrogen) atoms. The molecule has 100 valence electrons. The van der Waals surface area contributed by atoms with Crippen LogP contribution >= 0.6 is 27.5 Å². The van der Waals surface area contributed by atoms with Crippen LogP contribution in [-0.4, -0.2) is 7.11 Å². The van der Waals surface area contributed by atoms with E-state index in [-0.39, 0.29) is 5.82 Å². The topological polar surface area (TPSA) is 35.2 Å². The molecule has 0 saturated carbocycles. The van der Waals surface area contributed by atoms with E-state index in [1.54, 1.807) is 36.4 Å². The molecular formula is C14H12BrClFNO. The molecule has 2 N–H and O–H groups in total. The molecule has 0 spiro atoms. The Balaban J connectivity index is 2.52. The summed E-state index contributed by atoms with van der Waals surface area (Å²) in [5.74, 6) is 0.202. The van der Waals surface area contributed by atoms with Gasteiger partial charge in [-0.05, 0) is 40.2 Å². The Bertz CT molecular complexity index is 606. The molecule has 0 heterocycles. The van der Waals surface area contributed by atoms with Crippen LogP contribution < -0.4 is 10.5 Å². The van der Waals surface area contributed by atoms with Gasteiger partial charge in [-0.1, -0.05) is 23.7 Å². The Kier molecular flexibility index (Phi) is 4.45. The Morgan fingerprint density at radius 1 is 1.26 bits per heavy atom. The van der Waals surface area contributed by atoms with Crippen LogP contribution in [0.1, 0.15) is 17.2 Å². The summed E-state index contributed by atoms with van der Waals surface area (Å²) in [4.78, 5) is 0. The van der Waals surface area contributed by atoms with Crippen LogP contribution in [0.3, 0.4) is 0 Å². The molecule has 0 aliphatic rings. The molecule has 1 unspecified atom stereocenters. The third kappa shape index (κ3) is 2.91. The van der Waals surface area contributed by atoms with Crippen LogP contribution in [0.15, 0.2) is 40.9 Å². The van der Waals surface area contributed by atoms with Gasteiger partial charge in [-0.15, -0.1) is 0 Å². The predicted octanol–water partition coefficient (Wildman–Crippen LogP) is 4.30. The first-order chi connectivity index (χ1) is 9.04. The molecule has 0 aromatic heterocycles. The van der Waals surface area contributed by atoms with Crippen molar-refractivity contribution in [2.45, 2.75) is 6.04 Å². The van der Waals surface area contributed by atoms with E-state index in [0.717, 1.165) is 0 Å². The van der Waals surface area contributed by atoms with Gasteiger partial charge in [-0.25, -0.2) is 4.39 Å². The van der Waals surface area contributed by atoms with Crippen molar-refractivity contribution in [2.24, 2.45) is 5.73 Å². The molecular weight excluding hydrogens is 333 g/mol. The molecule has 0 bridgehead atoms. The summed E-state index contributed by atoms with van der Waals surface area (Å²) in [6.45, 7) is 0. The van der Waals surface area contributed by atoms with E-state index in [1.807, 2.05) is 0 Å². The van der Waals surface area contributed by atoms with Gasteiger partial charge < -0.3 is 10.5 Å². The monoisotopic (exact) mass is 343 g/mol. The zero-order chi connectivity index (χ0) is 14.0. The number of nitrogens with two attached hydrogens (primary N) is 1. The number of methoxy groups -OCH3 is 1. The van der Waals surface area contributed by atoms with E-state index in [0.29, 0.717) is 26.4 Å². The number of hydrogen-bond acceptors (Lipinski definition) is 2. The zero-order valence-electron chi connectivity index (χ0n) is 10.2. The van der Waals surface area contributed by atoms with Crippen LogP contribution in [0.5, 0.6) is 5.75 Å². The molecule has 1 atom stereocenters. The highest BCUT2D eigenvalue weighted by atomic mass is 79.9. The molecule has 2 aromatic rings. The normalized spacial score (nSPS) is 12.3. The minimum absolute atomic E-state index is 0.376. The number of halogens is 3. The maximum atomic E-state index is 14.1. The second-order valence-electron chi connectivity index (χ2n) is 4.01. The van der Waals surface area contributed by atoms with Crippen molar-refractivity contribution in [3.05, 3.63) is 62.8 Å². The van der Waals surface area contributed by atoms with Crippen LogP contribution in [0, 0.1) is 5.82 Å². The molecule has 0 saturated heterocycles. The van der Waals surface area contributed by atoms with Gasteiger partial charge in [0, 0.05) is 16.1 Å². The highest BCUT2D eigenvalue weighted by molar-refractivity contribution is 9.10. The highest BCUT2D eigenvalue weighted by Gasteiger charge is 2.19. The largest absolute Gasteiger partial charge is 0.496 e. The number of hydrogen-bond donors (Lipinski definition) is 1. The molecule has 0 amide bonds. The zero-order valence-corrected chi connectivity index (χ0v) is 12.5. The fraction of sp³-hybridized carbons (Fsp3) is 0.143. The summed E-state index contributed by atoms with van der Waals surface area (Å²) in [5.41, 5.74) is 7.16. The van der Waals surface area contributed by atoms with E-state index in [1.165, 1.54) is 7.11 Å². The first-order valence-corrected chi connectivity index (χ1v) is 6.74. The van der Waals surface area contributed by atoms with Crippen LogP contribution in [0.4, 0.5) is 4.39 Å². The quantitative estimate of drug-likeness (QED) is 0.901. The maximum Gasteiger partial charge on any atom is 0.142 e. The van der Waals surface area contributed by atoms with E-state index < -0.39 is 6.04 Å². The van der Waals surface area contributed by atoms with E-state index in [2.05, 4.69) is 15.9 Å². The van der Waals surface area contributed by atoms with Gasteiger partial charge in [0.05, 0.1) is 17.6 Å².